The van der Waals surface area contributed by atoms with E-state index in [1.165, 1.54) is 6.42 Å². The Kier molecular flexibility index (Phi) is 6.00. The fourth-order valence-electron chi connectivity index (χ4n) is 5.87. The third-order valence-corrected chi connectivity index (χ3v) is 7.72. The van der Waals surface area contributed by atoms with Crippen LogP contribution in [0, 0.1) is 0 Å². The van der Waals surface area contributed by atoms with Crippen molar-refractivity contribution in [1.29, 1.82) is 0 Å². The van der Waals surface area contributed by atoms with E-state index in [-0.39, 0.29) is 17.4 Å². The minimum Gasteiger partial charge on any atom is -0.495 e. The van der Waals surface area contributed by atoms with Gasteiger partial charge in [0.2, 0.25) is 5.91 Å². The van der Waals surface area contributed by atoms with Crippen molar-refractivity contribution >= 4 is 17.5 Å². The van der Waals surface area contributed by atoms with E-state index in [1.807, 2.05) is 52.3 Å². The molecule has 0 radical (unpaired) electrons. The smallest absolute Gasteiger partial charge is 0.254 e. The van der Waals surface area contributed by atoms with E-state index >= 15 is 0 Å². The Morgan fingerprint density at radius 2 is 1.64 bits per heavy atom. The molecule has 0 bridgehead atoms. The van der Waals surface area contributed by atoms with Gasteiger partial charge in [0.25, 0.3) is 5.91 Å². The molecule has 0 unspecified atom stereocenters. The molecular weight excluding hydrogens is 414 g/mol. The number of rotatable bonds is 5. The van der Waals surface area contributed by atoms with Crippen LogP contribution in [0.2, 0.25) is 0 Å². The van der Waals surface area contributed by atoms with Gasteiger partial charge in [-0.2, -0.15) is 0 Å². The number of nitrogens with zero attached hydrogens (tertiary/aromatic N) is 3. The molecule has 1 saturated heterocycles. The highest BCUT2D eigenvalue weighted by Gasteiger charge is 2.46. The summed E-state index contributed by atoms with van der Waals surface area (Å²) >= 11 is 0. The van der Waals surface area contributed by atoms with Crippen LogP contribution in [-0.2, 0) is 11.3 Å². The van der Waals surface area contributed by atoms with Crippen molar-refractivity contribution in [2.24, 2.45) is 0 Å². The monoisotopic (exact) mass is 447 g/mol. The van der Waals surface area contributed by atoms with Gasteiger partial charge in [-0.25, -0.2) is 0 Å². The highest BCUT2D eigenvalue weighted by Crippen LogP contribution is 2.41. The maximum absolute atomic E-state index is 13.5. The summed E-state index contributed by atoms with van der Waals surface area (Å²) in [7, 11) is 1.69. The quantitative estimate of drug-likeness (QED) is 0.693. The second kappa shape index (κ2) is 9.08. The minimum absolute atomic E-state index is 0.0984. The first-order valence-corrected chi connectivity index (χ1v) is 12.2. The molecule has 1 aliphatic carbocycles. The van der Waals surface area contributed by atoms with Crippen LogP contribution >= 0.6 is 0 Å². The first kappa shape index (κ1) is 21.8. The molecular formula is C27H33N3O3. The lowest BCUT2D eigenvalue weighted by Gasteiger charge is -2.46. The Hall–Kier alpha value is -3.02. The van der Waals surface area contributed by atoms with E-state index < -0.39 is 0 Å². The van der Waals surface area contributed by atoms with Gasteiger partial charge in [-0.05, 0) is 36.6 Å². The van der Waals surface area contributed by atoms with Gasteiger partial charge in [0, 0.05) is 38.3 Å². The molecule has 6 heteroatoms. The van der Waals surface area contributed by atoms with Gasteiger partial charge in [-0.3, -0.25) is 9.59 Å². The fourth-order valence-corrected chi connectivity index (χ4v) is 5.87. The molecule has 2 aromatic rings. The van der Waals surface area contributed by atoms with Crippen LogP contribution in [0.15, 0.2) is 48.5 Å². The summed E-state index contributed by atoms with van der Waals surface area (Å²) in [6.45, 7) is 3.59. The first-order valence-electron chi connectivity index (χ1n) is 12.2. The van der Waals surface area contributed by atoms with Crippen molar-refractivity contribution in [2.45, 2.75) is 50.6 Å². The molecule has 2 heterocycles. The van der Waals surface area contributed by atoms with Gasteiger partial charge in [0.15, 0.2) is 0 Å². The van der Waals surface area contributed by atoms with Gasteiger partial charge in [-0.15, -0.1) is 0 Å². The topological polar surface area (TPSA) is 53.1 Å². The molecule has 1 saturated carbocycles. The molecule has 0 atom stereocenters. The van der Waals surface area contributed by atoms with E-state index in [0.717, 1.165) is 61.3 Å². The van der Waals surface area contributed by atoms with Crippen molar-refractivity contribution in [1.82, 2.24) is 9.80 Å². The number of benzene rings is 2. The number of piperazine rings is 1. The first-order chi connectivity index (χ1) is 16.1. The van der Waals surface area contributed by atoms with Gasteiger partial charge < -0.3 is 19.4 Å². The zero-order valence-electron chi connectivity index (χ0n) is 19.5. The van der Waals surface area contributed by atoms with Crippen molar-refractivity contribution in [3.63, 3.8) is 0 Å². The minimum atomic E-state index is -0.356. The zero-order valence-corrected chi connectivity index (χ0v) is 19.5. The Morgan fingerprint density at radius 1 is 0.939 bits per heavy atom. The molecule has 2 aromatic carbocycles. The van der Waals surface area contributed by atoms with Crippen LogP contribution in [0.3, 0.4) is 0 Å². The average Bonchev–Trinajstić information content (AvgIpc) is 3.22. The van der Waals surface area contributed by atoms with Crippen molar-refractivity contribution < 1.29 is 14.3 Å². The van der Waals surface area contributed by atoms with Gasteiger partial charge in [-0.1, -0.05) is 49.6 Å². The summed E-state index contributed by atoms with van der Waals surface area (Å²) in [5, 5.41) is 0. The summed E-state index contributed by atoms with van der Waals surface area (Å²) < 4.78 is 5.52. The third-order valence-electron chi connectivity index (χ3n) is 7.72. The molecule has 2 amide bonds. The number of carbonyl (C=O) groups excluding carboxylic acids is 2. The number of amides is 2. The van der Waals surface area contributed by atoms with E-state index in [0.29, 0.717) is 26.1 Å². The summed E-state index contributed by atoms with van der Waals surface area (Å²) in [6, 6.07) is 15.9. The number of ether oxygens (including phenoxy) is 1. The molecule has 2 aliphatic heterocycles. The number of fused-ring (bicyclic) bond motifs is 1. The second-order valence-electron chi connectivity index (χ2n) is 9.55. The van der Waals surface area contributed by atoms with Crippen molar-refractivity contribution in [3.8, 4) is 5.75 Å². The van der Waals surface area contributed by atoms with Crippen LogP contribution in [0.25, 0.3) is 0 Å². The number of anilines is 1. The summed E-state index contributed by atoms with van der Waals surface area (Å²) in [5.74, 6) is 1.15. The van der Waals surface area contributed by atoms with E-state index in [1.54, 1.807) is 7.11 Å². The molecule has 0 aromatic heterocycles. The zero-order chi connectivity index (χ0) is 22.8. The van der Waals surface area contributed by atoms with Crippen LogP contribution in [0.5, 0.6) is 5.75 Å². The Morgan fingerprint density at radius 3 is 2.36 bits per heavy atom. The standard InChI is InChI=1S/C27H33N3O3/c1-33-24-12-6-5-11-23(24)28-15-17-29(18-16-28)25(31)19-27(13-7-2-8-14-27)30-20-21-9-3-4-10-22(21)26(30)32/h3-6,9-12H,2,7-8,13-20H2,1H3. The van der Waals surface area contributed by atoms with Gasteiger partial charge in [0.1, 0.15) is 5.75 Å². The number of carbonyl (C=O) groups is 2. The van der Waals surface area contributed by atoms with E-state index in [2.05, 4.69) is 11.0 Å². The SMILES string of the molecule is COc1ccccc1N1CCN(C(=O)CC2(N3Cc4ccccc4C3=O)CCCCC2)CC1. The lowest BCUT2D eigenvalue weighted by atomic mass is 9.77. The molecule has 0 spiro atoms. The van der Waals surface area contributed by atoms with Crippen LogP contribution in [-0.4, -0.2) is 60.4 Å². The predicted molar refractivity (Wildman–Crippen MR) is 129 cm³/mol. The normalized spacial score (nSPS) is 20.0. The number of hydrogen-bond donors (Lipinski definition) is 0. The number of hydrogen-bond acceptors (Lipinski definition) is 4. The van der Waals surface area contributed by atoms with Crippen molar-refractivity contribution in [2.75, 3.05) is 38.2 Å². The summed E-state index contributed by atoms with van der Waals surface area (Å²) in [4.78, 5) is 33.1. The lowest BCUT2D eigenvalue weighted by Crippen LogP contribution is -2.55. The van der Waals surface area contributed by atoms with Crippen molar-refractivity contribution in [3.05, 3.63) is 59.7 Å². The van der Waals surface area contributed by atoms with Crippen LogP contribution < -0.4 is 9.64 Å². The third kappa shape index (κ3) is 4.07. The lowest BCUT2D eigenvalue weighted by molar-refractivity contribution is -0.135. The largest absolute Gasteiger partial charge is 0.495 e. The molecule has 5 rings (SSSR count). The maximum Gasteiger partial charge on any atom is 0.254 e. The van der Waals surface area contributed by atoms with Gasteiger partial charge >= 0.3 is 0 Å². The summed E-state index contributed by atoms with van der Waals surface area (Å²) in [6.07, 6.45) is 5.60. The Bertz CT molecular complexity index is 1020. The predicted octanol–water partition coefficient (Wildman–Crippen LogP) is 4.09. The second-order valence-corrected chi connectivity index (χ2v) is 9.55. The average molecular weight is 448 g/mol. The molecule has 33 heavy (non-hydrogen) atoms. The van der Waals surface area contributed by atoms with E-state index in [4.69, 9.17) is 4.74 Å². The maximum atomic E-state index is 13.5. The fraction of sp³-hybridized carbons (Fsp3) is 0.481. The molecule has 174 valence electrons. The molecule has 3 aliphatic rings. The molecule has 2 fully saturated rings. The highest BCUT2D eigenvalue weighted by atomic mass is 16.5. The number of methoxy groups -OCH3 is 1. The highest BCUT2D eigenvalue weighted by molar-refractivity contribution is 5.99. The molecule has 0 N–H and O–H groups in total. The molecule has 6 nitrogen and oxygen atoms in total. The Balaban J connectivity index is 1.28. The van der Waals surface area contributed by atoms with Crippen LogP contribution in [0.1, 0.15) is 54.4 Å². The number of para-hydroxylation sites is 2. The van der Waals surface area contributed by atoms with Gasteiger partial charge in [0.05, 0.1) is 24.8 Å². The van der Waals surface area contributed by atoms with E-state index in [9.17, 15) is 9.59 Å². The Labute approximate surface area is 196 Å². The summed E-state index contributed by atoms with van der Waals surface area (Å²) in [5.41, 5.74) is 2.62. The van der Waals surface area contributed by atoms with Crippen LogP contribution in [0.4, 0.5) is 5.69 Å².